The van der Waals surface area contributed by atoms with Crippen molar-refractivity contribution in [2.24, 2.45) is 0 Å². The van der Waals surface area contributed by atoms with Crippen molar-refractivity contribution in [2.75, 3.05) is 17.7 Å². The average Bonchev–Trinajstić information content (AvgIpc) is 3.28. The van der Waals surface area contributed by atoms with Gasteiger partial charge in [-0.25, -0.2) is 4.39 Å². The highest BCUT2D eigenvalue weighted by Crippen LogP contribution is 2.34. The number of methoxy groups -OCH3 is 1. The fourth-order valence-corrected chi connectivity index (χ4v) is 4.76. The van der Waals surface area contributed by atoms with Gasteiger partial charge in [-0.2, -0.15) is 10.2 Å². The van der Waals surface area contributed by atoms with E-state index in [-0.39, 0.29) is 11.2 Å². The Morgan fingerprint density at radius 3 is 2.53 bits per heavy atom. The highest BCUT2D eigenvalue weighted by atomic mass is 32.1. The molecule has 36 heavy (non-hydrogen) atoms. The molecule has 1 fully saturated rings. The number of amides is 1. The third kappa shape index (κ3) is 6.63. The lowest BCUT2D eigenvalue weighted by Gasteiger charge is -2.28. The van der Waals surface area contributed by atoms with Crippen molar-refractivity contribution in [3.05, 3.63) is 53.6 Å². The molecule has 1 aliphatic rings. The van der Waals surface area contributed by atoms with Gasteiger partial charge in [0.1, 0.15) is 11.6 Å². The van der Waals surface area contributed by atoms with Crippen LogP contribution in [0.5, 0.6) is 5.75 Å². The van der Waals surface area contributed by atoms with Crippen LogP contribution in [0.4, 0.5) is 27.8 Å². The largest absolute Gasteiger partial charge is 0.573 e. The number of rotatable bonds is 8. The topological polar surface area (TPSA) is 111 Å². The number of alkyl halides is 3. The molecule has 14 heteroatoms. The van der Waals surface area contributed by atoms with E-state index in [0.717, 1.165) is 68.0 Å². The maximum Gasteiger partial charge on any atom is 0.573 e. The highest BCUT2D eigenvalue weighted by molar-refractivity contribution is 7.19. The van der Waals surface area contributed by atoms with Gasteiger partial charge in [0.25, 0.3) is 5.91 Å². The number of carbonyl (C=O) groups is 1. The van der Waals surface area contributed by atoms with E-state index in [4.69, 9.17) is 4.74 Å². The lowest BCUT2D eigenvalue weighted by atomic mass is 9.84. The maximum atomic E-state index is 14.3. The van der Waals surface area contributed by atoms with Crippen molar-refractivity contribution in [3.8, 4) is 5.75 Å². The van der Waals surface area contributed by atoms with Gasteiger partial charge in [0, 0.05) is 30.8 Å². The van der Waals surface area contributed by atoms with E-state index in [0.29, 0.717) is 11.0 Å². The first-order valence-corrected chi connectivity index (χ1v) is 11.8. The predicted molar refractivity (Wildman–Crippen MR) is 122 cm³/mol. The van der Waals surface area contributed by atoms with Crippen molar-refractivity contribution in [2.45, 2.75) is 50.1 Å². The zero-order valence-corrected chi connectivity index (χ0v) is 19.8. The molecule has 0 bridgehead atoms. The number of anilines is 2. The fraction of sp³-hybridized carbons (Fsp3) is 0.409. The average molecular weight is 527 g/mol. The third-order valence-corrected chi connectivity index (χ3v) is 6.45. The van der Waals surface area contributed by atoms with E-state index in [2.05, 4.69) is 35.8 Å². The second-order valence-corrected chi connectivity index (χ2v) is 9.07. The van der Waals surface area contributed by atoms with Crippen LogP contribution in [-0.4, -0.2) is 45.8 Å². The third-order valence-electron chi connectivity index (χ3n) is 5.68. The molecule has 9 nitrogen and oxygen atoms in total. The minimum Gasteiger partial charge on any atom is -0.406 e. The highest BCUT2D eigenvalue weighted by Gasteiger charge is 2.32. The van der Waals surface area contributed by atoms with Crippen molar-refractivity contribution in [1.29, 1.82) is 0 Å². The van der Waals surface area contributed by atoms with Crippen LogP contribution in [0.15, 0.2) is 36.5 Å². The summed E-state index contributed by atoms with van der Waals surface area (Å²) in [6, 6.07) is 6.36. The molecule has 1 aromatic carbocycles. The molecule has 2 N–H and O–H groups in total. The van der Waals surface area contributed by atoms with E-state index < -0.39 is 35.5 Å². The van der Waals surface area contributed by atoms with E-state index >= 15 is 0 Å². The molecule has 0 spiro atoms. The Morgan fingerprint density at radius 2 is 1.86 bits per heavy atom. The Bertz CT molecular complexity index is 1170. The van der Waals surface area contributed by atoms with Gasteiger partial charge in [-0.15, -0.1) is 23.4 Å². The molecule has 0 radical (unpaired) electrons. The van der Waals surface area contributed by atoms with Crippen LogP contribution < -0.4 is 15.4 Å². The molecule has 0 saturated heterocycles. The lowest BCUT2D eigenvalue weighted by Crippen LogP contribution is -2.25. The number of halogens is 4. The van der Waals surface area contributed by atoms with Gasteiger partial charge < -0.3 is 14.8 Å². The number of carbonyl (C=O) groups excluding carboxylic acids is 1. The van der Waals surface area contributed by atoms with Crippen molar-refractivity contribution < 1.29 is 31.8 Å². The number of benzene rings is 1. The molecular weight excluding hydrogens is 504 g/mol. The quantitative estimate of drug-likeness (QED) is 0.402. The molecule has 1 saturated carbocycles. The van der Waals surface area contributed by atoms with Gasteiger partial charge in [0.2, 0.25) is 10.3 Å². The van der Waals surface area contributed by atoms with Crippen LogP contribution in [0.3, 0.4) is 0 Å². The summed E-state index contributed by atoms with van der Waals surface area (Å²) >= 11 is 1.08. The van der Waals surface area contributed by atoms with Crippen LogP contribution >= 0.6 is 11.3 Å². The SMILES string of the molecule is CO[C@H](C(=O)Nc1nnc(NC2CCC(c3cccnn3)CC2)s1)c1cc(OC(F)(F)F)ccc1F. The van der Waals surface area contributed by atoms with Crippen LogP contribution in [0.1, 0.15) is 49.0 Å². The monoisotopic (exact) mass is 526 g/mol. The summed E-state index contributed by atoms with van der Waals surface area (Å²) < 4.78 is 60.7. The van der Waals surface area contributed by atoms with Crippen molar-refractivity contribution in [3.63, 3.8) is 0 Å². The Kier molecular flexibility index (Phi) is 7.94. The number of ether oxygens (including phenoxy) is 2. The molecule has 0 aliphatic heterocycles. The normalized spacial score (nSPS) is 18.9. The standard InChI is InChI=1S/C22H22F4N6O3S/c1-34-18(15-11-14(8-9-16(15)23)35-22(24,25)26)19(33)29-21-32-31-20(36-21)28-13-6-4-12(5-7-13)17-3-2-10-27-30-17/h2-3,8-13,18H,4-7H2,1H3,(H,28,31)(H,29,32,33)/t12?,13?,18-/m0/s1. The summed E-state index contributed by atoms with van der Waals surface area (Å²) in [6.45, 7) is 0. The van der Waals surface area contributed by atoms with Gasteiger partial charge in [-0.3, -0.25) is 10.1 Å². The second-order valence-electron chi connectivity index (χ2n) is 8.09. The second kappa shape index (κ2) is 11.1. The summed E-state index contributed by atoms with van der Waals surface area (Å²) in [5, 5.41) is 22.5. The van der Waals surface area contributed by atoms with E-state index in [1.807, 2.05) is 12.1 Å². The summed E-state index contributed by atoms with van der Waals surface area (Å²) in [4.78, 5) is 12.7. The van der Waals surface area contributed by atoms with Gasteiger partial charge in [-0.05, 0) is 56.0 Å². The zero-order chi connectivity index (χ0) is 25.7. The summed E-state index contributed by atoms with van der Waals surface area (Å²) in [6.07, 6.45) is -1.20. The van der Waals surface area contributed by atoms with Gasteiger partial charge in [0.15, 0.2) is 6.10 Å². The molecular formula is C22H22F4N6O3S. The number of nitrogens with zero attached hydrogens (tertiary/aromatic N) is 4. The zero-order valence-electron chi connectivity index (χ0n) is 19.0. The summed E-state index contributed by atoms with van der Waals surface area (Å²) in [5.41, 5.74) is 0.566. The molecule has 1 amide bonds. The molecule has 1 atom stereocenters. The Hall–Kier alpha value is -3.39. The molecule has 3 aromatic rings. The van der Waals surface area contributed by atoms with Crippen molar-refractivity contribution in [1.82, 2.24) is 20.4 Å². The van der Waals surface area contributed by atoms with E-state index in [1.54, 1.807) is 6.20 Å². The maximum absolute atomic E-state index is 14.3. The van der Waals surface area contributed by atoms with E-state index in [9.17, 15) is 22.4 Å². The van der Waals surface area contributed by atoms with Crippen LogP contribution in [0.2, 0.25) is 0 Å². The first-order chi connectivity index (χ1) is 17.2. The Labute approximate surface area is 207 Å². The van der Waals surface area contributed by atoms with Crippen LogP contribution in [0.25, 0.3) is 0 Å². The molecule has 0 unspecified atom stereocenters. The smallest absolute Gasteiger partial charge is 0.406 e. The van der Waals surface area contributed by atoms with Crippen LogP contribution in [0, 0.1) is 5.82 Å². The number of hydrogen-bond acceptors (Lipinski definition) is 9. The van der Waals surface area contributed by atoms with E-state index in [1.165, 1.54) is 0 Å². The molecule has 2 heterocycles. The summed E-state index contributed by atoms with van der Waals surface area (Å²) in [7, 11) is 1.13. The van der Waals surface area contributed by atoms with Gasteiger partial charge in [0.05, 0.1) is 5.69 Å². The number of aromatic nitrogens is 4. The fourth-order valence-electron chi connectivity index (χ4n) is 4.04. The van der Waals surface area contributed by atoms with Crippen LogP contribution in [-0.2, 0) is 9.53 Å². The van der Waals surface area contributed by atoms with Gasteiger partial charge in [-0.1, -0.05) is 11.3 Å². The first-order valence-electron chi connectivity index (χ1n) is 11.0. The first kappa shape index (κ1) is 25.7. The predicted octanol–water partition coefficient (Wildman–Crippen LogP) is 4.83. The molecule has 4 rings (SSSR count). The Morgan fingerprint density at radius 1 is 1.11 bits per heavy atom. The number of hydrogen-bond donors (Lipinski definition) is 2. The number of nitrogens with one attached hydrogen (secondary N) is 2. The lowest BCUT2D eigenvalue weighted by molar-refractivity contribution is -0.274. The molecule has 1 aliphatic carbocycles. The molecule has 192 valence electrons. The van der Waals surface area contributed by atoms with Crippen molar-refractivity contribution >= 4 is 27.5 Å². The minimum atomic E-state index is -4.97. The summed E-state index contributed by atoms with van der Waals surface area (Å²) in [5.74, 6) is -2.08. The Balaban J connectivity index is 1.35. The molecule has 2 aromatic heterocycles. The van der Waals surface area contributed by atoms with Gasteiger partial charge >= 0.3 is 6.36 Å². The minimum absolute atomic E-state index is 0.126.